The first-order valence-corrected chi connectivity index (χ1v) is 7.57. The third-order valence-corrected chi connectivity index (χ3v) is 3.61. The summed E-state index contributed by atoms with van der Waals surface area (Å²) >= 11 is 9.16. The third-order valence-electron chi connectivity index (χ3n) is 2.92. The van der Waals surface area contributed by atoms with E-state index in [-0.39, 0.29) is 17.0 Å². The zero-order chi connectivity index (χ0) is 14.6. The van der Waals surface area contributed by atoms with Crippen LogP contribution in [0.4, 0.5) is 4.39 Å². The molecule has 0 bridgehead atoms. The summed E-state index contributed by atoms with van der Waals surface area (Å²) < 4.78 is 13.6. The van der Waals surface area contributed by atoms with Crippen molar-refractivity contribution in [1.29, 1.82) is 0 Å². The van der Waals surface area contributed by atoms with Crippen LogP contribution in [-0.4, -0.2) is 17.3 Å². The highest BCUT2D eigenvalue weighted by Gasteiger charge is 2.26. The minimum Gasteiger partial charge on any atom is -0.349 e. The molecule has 1 aromatic carbocycles. The van der Waals surface area contributed by atoms with E-state index in [1.807, 2.05) is 20.8 Å². The molecule has 1 atom stereocenters. The number of halogens is 3. The van der Waals surface area contributed by atoms with E-state index in [0.29, 0.717) is 5.02 Å². The number of benzene rings is 1. The molecule has 0 aromatic heterocycles. The highest BCUT2D eigenvalue weighted by Crippen LogP contribution is 2.23. The second-order valence-electron chi connectivity index (χ2n) is 5.49. The van der Waals surface area contributed by atoms with Gasteiger partial charge in [-0.05, 0) is 30.0 Å². The number of carbonyl (C=O) groups is 1. The molecule has 1 amide bonds. The van der Waals surface area contributed by atoms with Crippen LogP contribution in [0.15, 0.2) is 18.2 Å². The second-order valence-corrected chi connectivity index (χ2v) is 6.72. The van der Waals surface area contributed by atoms with Crippen molar-refractivity contribution in [3.8, 4) is 0 Å². The van der Waals surface area contributed by atoms with Crippen molar-refractivity contribution in [2.75, 3.05) is 5.33 Å². The summed E-state index contributed by atoms with van der Waals surface area (Å²) in [5.74, 6) is -0.991. The molecule has 0 aliphatic rings. The first-order valence-electron chi connectivity index (χ1n) is 6.07. The summed E-state index contributed by atoms with van der Waals surface area (Å²) in [4.78, 5) is 12.1. The van der Waals surface area contributed by atoms with E-state index in [1.165, 1.54) is 18.2 Å². The van der Waals surface area contributed by atoms with E-state index in [0.717, 1.165) is 11.8 Å². The van der Waals surface area contributed by atoms with Gasteiger partial charge < -0.3 is 5.32 Å². The Labute approximate surface area is 126 Å². The minimum atomic E-state index is -0.562. The van der Waals surface area contributed by atoms with Crippen LogP contribution in [0.25, 0.3) is 0 Å². The molecule has 5 heteroatoms. The fourth-order valence-electron chi connectivity index (χ4n) is 1.74. The van der Waals surface area contributed by atoms with E-state index in [1.54, 1.807) is 0 Å². The topological polar surface area (TPSA) is 29.1 Å². The minimum absolute atomic E-state index is 0.0173. The predicted molar refractivity (Wildman–Crippen MR) is 80.5 cm³/mol. The van der Waals surface area contributed by atoms with Gasteiger partial charge in [-0.25, -0.2) is 4.39 Å². The lowest BCUT2D eigenvalue weighted by molar-refractivity contribution is 0.0896. The summed E-state index contributed by atoms with van der Waals surface area (Å²) in [6.07, 6.45) is 0.775. The molecule has 0 aliphatic carbocycles. The van der Waals surface area contributed by atoms with Crippen molar-refractivity contribution >= 4 is 33.4 Å². The molecular weight excluding hydrogens is 333 g/mol. The zero-order valence-electron chi connectivity index (χ0n) is 11.3. The van der Waals surface area contributed by atoms with Gasteiger partial charge in [-0.15, -0.1) is 0 Å². The van der Waals surface area contributed by atoms with Crippen molar-refractivity contribution < 1.29 is 9.18 Å². The van der Waals surface area contributed by atoms with Crippen molar-refractivity contribution in [3.05, 3.63) is 34.6 Å². The van der Waals surface area contributed by atoms with E-state index in [9.17, 15) is 9.18 Å². The van der Waals surface area contributed by atoms with Crippen LogP contribution in [0.3, 0.4) is 0 Å². The van der Waals surface area contributed by atoms with Crippen LogP contribution in [-0.2, 0) is 0 Å². The summed E-state index contributed by atoms with van der Waals surface area (Å²) in [6, 6.07) is 3.93. The van der Waals surface area contributed by atoms with Gasteiger partial charge in [0, 0.05) is 16.4 Å². The Morgan fingerprint density at radius 2 is 2.11 bits per heavy atom. The number of rotatable bonds is 4. The second kappa shape index (κ2) is 6.71. The van der Waals surface area contributed by atoms with E-state index in [4.69, 9.17) is 11.6 Å². The van der Waals surface area contributed by atoms with Crippen LogP contribution in [0.2, 0.25) is 5.02 Å². The molecule has 0 fully saturated rings. The molecule has 0 saturated carbocycles. The van der Waals surface area contributed by atoms with Crippen LogP contribution in [0.5, 0.6) is 0 Å². The zero-order valence-corrected chi connectivity index (χ0v) is 13.6. The van der Waals surface area contributed by atoms with Gasteiger partial charge in [-0.2, -0.15) is 0 Å². The van der Waals surface area contributed by atoms with Crippen molar-refractivity contribution in [2.24, 2.45) is 5.41 Å². The summed E-state index contributed by atoms with van der Waals surface area (Å²) in [5.41, 5.74) is -0.116. The monoisotopic (exact) mass is 349 g/mol. The molecular formula is C14H18BrClFNO. The van der Waals surface area contributed by atoms with E-state index in [2.05, 4.69) is 21.2 Å². The SMILES string of the molecule is CC(C)(C)C(CCBr)NC(=O)c1cc(Cl)ccc1F. The highest BCUT2D eigenvalue weighted by molar-refractivity contribution is 9.09. The molecule has 0 saturated heterocycles. The Bertz CT molecular complexity index is 459. The number of amides is 1. The van der Waals surface area contributed by atoms with E-state index < -0.39 is 11.7 Å². The first kappa shape index (κ1) is 16.4. The number of hydrogen-bond donors (Lipinski definition) is 1. The van der Waals surface area contributed by atoms with Crippen LogP contribution >= 0.6 is 27.5 Å². The van der Waals surface area contributed by atoms with Crippen LogP contribution in [0.1, 0.15) is 37.6 Å². The number of carbonyl (C=O) groups excluding carboxylic acids is 1. The van der Waals surface area contributed by atoms with Gasteiger partial charge in [-0.1, -0.05) is 48.3 Å². The quantitative estimate of drug-likeness (QED) is 0.801. The van der Waals surface area contributed by atoms with Gasteiger partial charge in [0.2, 0.25) is 0 Å². The third kappa shape index (κ3) is 4.77. The lowest BCUT2D eigenvalue weighted by Gasteiger charge is -2.31. The Hall–Kier alpha value is -0.610. The van der Waals surface area contributed by atoms with Crippen LogP contribution in [0, 0.1) is 11.2 Å². The lowest BCUT2D eigenvalue weighted by Crippen LogP contribution is -2.44. The smallest absolute Gasteiger partial charge is 0.254 e. The van der Waals surface area contributed by atoms with Crippen LogP contribution < -0.4 is 5.32 Å². The van der Waals surface area contributed by atoms with E-state index >= 15 is 0 Å². The molecule has 0 heterocycles. The molecule has 1 unspecified atom stereocenters. The molecule has 0 radical (unpaired) electrons. The van der Waals surface area contributed by atoms with Gasteiger partial charge >= 0.3 is 0 Å². The van der Waals surface area contributed by atoms with Crippen molar-refractivity contribution in [2.45, 2.75) is 33.2 Å². The van der Waals surface area contributed by atoms with Gasteiger partial charge in [-0.3, -0.25) is 4.79 Å². The lowest BCUT2D eigenvalue weighted by atomic mass is 9.85. The molecule has 1 rings (SSSR count). The molecule has 1 aromatic rings. The number of alkyl halides is 1. The fraction of sp³-hybridized carbons (Fsp3) is 0.500. The molecule has 0 aliphatic heterocycles. The maximum atomic E-state index is 13.6. The van der Waals surface area contributed by atoms with Crippen molar-refractivity contribution in [1.82, 2.24) is 5.32 Å². The van der Waals surface area contributed by atoms with Gasteiger partial charge in [0.1, 0.15) is 5.82 Å². The first-order chi connectivity index (χ1) is 8.75. The highest BCUT2D eigenvalue weighted by atomic mass is 79.9. The number of nitrogens with one attached hydrogen (secondary N) is 1. The Balaban J connectivity index is 2.91. The maximum absolute atomic E-state index is 13.6. The molecule has 0 spiro atoms. The number of hydrogen-bond acceptors (Lipinski definition) is 1. The Morgan fingerprint density at radius 1 is 1.47 bits per heavy atom. The molecule has 106 valence electrons. The average molecular weight is 351 g/mol. The Kier molecular flexibility index (Phi) is 5.81. The maximum Gasteiger partial charge on any atom is 0.254 e. The standard InChI is InChI=1S/C14H18BrClFNO/c1-14(2,3)12(6-7-15)18-13(19)10-8-9(16)4-5-11(10)17/h4-5,8,12H,6-7H2,1-3H3,(H,18,19). The predicted octanol–water partition coefficient (Wildman–Crippen LogP) is 4.41. The summed E-state index contributed by atoms with van der Waals surface area (Å²) in [5, 5.41) is 3.99. The summed E-state index contributed by atoms with van der Waals surface area (Å²) in [6.45, 7) is 6.11. The molecule has 1 N–H and O–H groups in total. The molecule has 19 heavy (non-hydrogen) atoms. The average Bonchev–Trinajstić information content (AvgIpc) is 2.30. The Morgan fingerprint density at radius 3 is 2.63 bits per heavy atom. The summed E-state index contributed by atoms with van der Waals surface area (Å²) in [7, 11) is 0. The van der Waals surface area contributed by atoms with Gasteiger partial charge in [0.05, 0.1) is 5.56 Å². The van der Waals surface area contributed by atoms with Crippen molar-refractivity contribution in [3.63, 3.8) is 0 Å². The van der Waals surface area contributed by atoms with Gasteiger partial charge in [0.25, 0.3) is 5.91 Å². The molecule has 2 nitrogen and oxygen atoms in total. The normalized spacial score (nSPS) is 13.2. The van der Waals surface area contributed by atoms with Gasteiger partial charge in [0.15, 0.2) is 0 Å². The largest absolute Gasteiger partial charge is 0.349 e. The fourth-order valence-corrected chi connectivity index (χ4v) is 2.37.